The number of benzene rings is 1. The van der Waals surface area contributed by atoms with Crippen molar-refractivity contribution >= 4 is 17.7 Å². The summed E-state index contributed by atoms with van der Waals surface area (Å²) in [6.07, 6.45) is -1.68. The molecule has 8 nitrogen and oxygen atoms in total. The van der Waals surface area contributed by atoms with E-state index in [1.54, 1.807) is 24.3 Å². The van der Waals surface area contributed by atoms with Crippen LogP contribution in [0.1, 0.15) is 24.2 Å². The van der Waals surface area contributed by atoms with Crippen LogP contribution in [0.25, 0.3) is 0 Å². The van der Waals surface area contributed by atoms with Crippen molar-refractivity contribution in [3.63, 3.8) is 0 Å². The van der Waals surface area contributed by atoms with E-state index in [4.69, 9.17) is 9.84 Å². The monoisotopic (exact) mass is 325 g/mol. The van der Waals surface area contributed by atoms with Crippen LogP contribution in [0, 0.1) is 5.92 Å². The zero-order chi connectivity index (χ0) is 17.2. The van der Waals surface area contributed by atoms with Crippen LogP contribution in [0.5, 0.6) is 0 Å². The van der Waals surface area contributed by atoms with Crippen molar-refractivity contribution in [2.45, 2.75) is 20.0 Å². The fraction of sp³-hybridized carbons (Fsp3) is 0.467. The second-order valence-electron chi connectivity index (χ2n) is 5.33. The third kappa shape index (κ3) is 6.98. The summed E-state index contributed by atoms with van der Waals surface area (Å²) in [4.78, 5) is 23.5. The van der Waals surface area contributed by atoms with Crippen molar-refractivity contribution in [3.05, 3.63) is 29.8 Å². The van der Waals surface area contributed by atoms with Crippen LogP contribution in [0.15, 0.2) is 24.3 Å². The lowest BCUT2D eigenvalue weighted by Gasteiger charge is -2.14. The highest BCUT2D eigenvalue weighted by atomic mass is 16.6. The van der Waals surface area contributed by atoms with Gasteiger partial charge < -0.3 is 20.3 Å². The molecule has 8 heteroatoms. The first-order chi connectivity index (χ1) is 10.9. The minimum atomic E-state index is -0.935. The Morgan fingerprint density at radius 2 is 1.91 bits per heavy atom. The SMILES string of the molecule is CC(C)COC(=O)NNC(=O)c1ccccc1NCC(O)CO. The zero-order valence-electron chi connectivity index (χ0n) is 13.2. The third-order valence-corrected chi connectivity index (χ3v) is 2.74. The van der Waals surface area contributed by atoms with E-state index in [1.165, 1.54) is 0 Å². The van der Waals surface area contributed by atoms with Gasteiger partial charge in [0.05, 0.1) is 24.9 Å². The summed E-state index contributed by atoms with van der Waals surface area (Å²) in [5.41, 5.74) is 5.16. The predicted octanol–water partition coefficient (Wildman–Crippen LogP) is 0.479. The molecule has 5 N–H and O–H groups in total. The average Bonchev–Trinajstić information content (AvgIpc) is 2.55. The minimum absolute atomic E-state index is 0.0879. The van der Waals surface area contributed by atoms with Gasteiger partial charge in [0.2, 0.25) is 0 Å². The molecule has 0 saturated carbocycles. The van der Waals surface area contributed by atoms with E-state index in [0.29, 0.717) is 5.69 Å². The molecular formula is C15H23N3O5. The molecule has 0 fully saturated rings. The number of hydrogen-bond acceptors (Lipinski definition) is 6. The maximum Gasteiger partial charge on any atom is 0.426 e. The standard InChI is InChI=1S/C15H23N3O5/c1-10(2)9-23-15(22)18-17-14(21)12-5-3-4-6-13(12)16-7-11(20)8-19/h3-6,10-11,16,19-20H,7-9H2,1-2H3,(H,17,21)(H,18,22). The fourth-order valence-electron chi connectivity index (χ4n) is 1.58. The average molecular weight is 325 g/mol. The molecule has 0 spiro atoms. The van der Waals surface area contributed by atoms with Crippen LogP contribution in [0.2, 0.25) is 0 Å². The summed E-state index contributed by atoms with van der Waals surface area (Å²) < 4.78 is 4.87. The molecule has 0 heterocycles. The first-order valence-corrected chi connectivity index (χ1v) is 7.29. The molecule has 23 heavy (non-hydrogen) atoms. The van der Waals surface area contributed by atoms with E-state index in [1.807, 2.05) is 13.8 Å². The van der Waals surface area contributed by atoms with E-state index in [0.717, 1.165) is 0 Å². The Bertz CT molecular complexity index is 522. The van der Waals surface area contributed by atoms with Crippen LogP contribution >= 0.6 is 0 Å². The van der Waals surface area contributed by atoms with Gasteiger partial charge in [0, 0.05) is 12.2 Å². The van der Waals surface area contributed by atoms with Crippen LogP contribution in [-0.2, 0) is 4.74 Å². The second-order valence-corrected chi connectivity index (χ2v) is 5.33. The highest BCUT2D eigenvalue weighted by Crippen LogP contribution is 2.14. The summed E-state index contributed by atoms with van der Waals surface area (Å²) in [6.45, 7) is 3.75. The van der Waals surface area contributed by atoms with Gasteiger partial charge in [-0.2, -0.15) is 0 Å². The number of ether oxygens (including phenoxy) is 1. The molecule has 2 amide bonds. The van der Waals surface area contributed by atoms with Gasteiger partial charge >= 0.3 is 6.09 Å². The Hall–Kier alpha value is -2.32. The lowest BCUT2D eigenvalue weighted by molar-refractivity contribution is 0.0901. The first-order valence-electron chi connectivity index (χ1n) is 7.29. The van der Waals surface area contributed by atoms with E-state index in [-0.39, 0.29) is 31.2 Å². The number of nitrogens with one attached hydrogen (secondary N) is 3. The molecule has 0 radical (unpaired) electrons. The number of para-hydroxylation sites is 1. The second kappa shape index (κ2) is 9.65. The van der Waals surface area contributed by atoms with Crippen LogP contribution in [-0.4, -0.2) is 48.1 Å². The molecule has 0 aliphatic carbocycles. The number of aliphatic hydroxyl groups excluding tert-OH is 2. The first kappa shape index (κ1) is 18.7. The zero-order valence-corrected chi connectivity index (χ0v) is 13.2. The topological polar surface area (TPSA) is 120 Å². The fourth-order valence-corrected chi connectivity index (χ4v) is 1.58. The van der Waals surface area contributed by atoms with E-state index >= 15 is 0 Å². The van der Waals surface area contributed by atoms with Crippen molar-refractivity contribution in [1.29, 1.82) is 0 Å². The number of anilines is 1. The molecule has 0 bridgehead atoms. The molecule has 1 rings (SSSR count). The van der Waals surface area contributed by atoms with Gasteiger partial charge in [0.15, 0.2) is 0 Å². The third-order valence-electron chi connectivity index (χ3n) is 2.74. The van der Waals surface area contributed by atoms with Gasteiger partial charge in [-0.15, -0.1) is 0 Å². The van der Waals surface area contributed by atoms with Crippen molar-refractivity contribution in [3.8, 4) is 0 Å². The number of hydrazine groups is 1. The lowest BCUT2D eigenvalue weighted by atomic mass is 10.1. The number of aliphatic hydroxyl groups is 2. The summed E-state index contributed by atoms with van der Waals surface area (Å²) in [5, 5.41) is 21.0. The van der Waals surface area contributed by atoms with Crippen LogP contribution in [0.3, 0.4) is 0 Å². The normalized spacial score (nSPS) is 11.7. The Morgan fingerprint density at radius 1 is 1.22 bits per heavy atom. The number of carbonyl (C=O) groups is 2. The van der Waals surface area contributed by atoms with Gasteiger partial charge in [-0.25, -0.2) is 10.2 Å². The van der Waals surface area contributed by atoms with Crippen molar-refractivity contribution < 1.29 is 24.5 Å². The molecule has 1 unspecified atom stereocenters. The number of amides is 2. The van der Waals surface area contributed by atoms with Crippen molar-refractivity contribution in [1.82, 2.24) is 10.9 Å². The van der Waals surface area contributed by atoms with Gasteiger partial charge in [0.25, 0.3) is 5.91 Å². The number of carbonyl (C=O) groups excluding carboxylic acids is 2. The molecular weight excluding hydrogens is 302 g/mol. The highest BCUT2D eigenvalue weighted by Gasteiger charge is 2.13. The Balaban J connectivity index is 2.57. The summed E-state index contributed by atoms with van der Waals surface area (Å²) in [6, 6.07) is 6.59. The smallest absolute Gasteiger partial charge is 0.426 e. The highest BCUT2D eigenvalue weighted by molar-refractivity contribution is 6.00. The molecule has 0 aromatic heterocycles. The Morgan fingerprint density at radius 3 is 2.57 bits per heavy atom. The Labute approximate surface area is 134 Å². The molecule has 1 atom stereocenters. The van der Waals surface area contributed by atoms with E-state index in [9.17, 15) is 14.7 Å². The largest absolute Gasteiger partial charge is 0.448 e. The van der Waals surface area contributed by atoms with E-state index in [2.05, 4.69) is 16.2 Å². The minimum Gasteiger partial charge on any atom is -0.448 e. The van der Waals surface area contributed by atoms with Crippen molar-refractivity contribution in [2.75, 3.05) is 25.1 Å². The number of hydrogen-bond donors (Lipinski definition) is 5. The van der Waals surface area contributed by atoms with Crippen molar-refractivity contribution in [2.24, 2.45) is 5.92 Å². The van der Waals surface area contributed by atoms with Gasteiger partial charge in [-0.05, 0) is 18.1 Å². The summed E-state index contributed by atoms with van der Waals surface area (Å²) in [5.74, 6) is -0.340. The summed E-state index contributed by atoms with van der Waals surface area (Å²) >= 11 is 0. The van der Waals surface area contributed by atoms with Gasteiger partial charge in [0.1, 0.15) is 0 Å². The number of rotatable bonds is 7. The molecule has 0 saturated heterocycles. The maximum atomic E-state index is 12.1. The molecule has 128 valence electrons. The Kier molecular flexibility index (Phi) is 7.86. The van der Waals surface area contributed by atoms with Crippen LogP contribution < -0.4 is 16.2 Å². The lowest BCUT2D eigenvalue weighted by Crippen LogP contribution is -2.42. The van der Waals surface area contributed by atoms with E-state index < -0.39 is 18.1 Å². The molecule has 0 aliphatic rings. The van der Waals surface area contributed by atoms with Gasteiger partial charge in [-0.1, -0.05) is 26.0 Å². The molecule has 1 aromatic carbocycles. The predicted molar refractivity (Wildman–Crippen MR) is 84.8 cm³/mol. The van der Waals surface area contributed by atoms with Gasteiger partial charge in [-0.3, -0.25) is 10.2 Å². The quantitative estimate of drug-likeness (QED) is 0.465. The van der Waals surface area contributed by atoms with Crippen LogP contribution in [0.4, 0.5) is 10.5 Å². The summed E-state index contributed by atoms with van der Waals surface area (Å²) in [7, 11) is 0. The maximum absolute atomic E-state index is 12.1. The molecule has 0 aliphatic heterocycles. The molecule has 1 aromatic rings.